The van der Waals surface area contributed by atoms with Crippen LogP contribution in [0.1, 0.15) is 12.5 Å². The number of nitrogens with zero attached hydrogens (tertiary/aromatic N) is 1. The molecule has 0 aliphatic heterocycles. The van der Waals surface area contributed by atoms with E-state index in [2.05, 4.69) is 21.4 Å². The molecule has 7 heteroatoms. The Labute approximate surface area is 138 Å². The van der Waals surface area contributed by atoms with Crippen LogP contribution in [-0.4, -0.2) is 11.7 Å². The Morgan fingerprint density at radius 2 is 1.77 bits per heavy atom. The van der Waals surface area contributed by atoms with Crippen molar-refractivity contribution in [3.8, 4) is 0 Å². The van der Waals surface area contributed by atoms with Gasteiger partial charge >= 0.3 is 6.03 Å². The van der Waals surface area contributed by atoms with E-state index in [-0.39, 0.29) is 0 Å². The van der Waals surface area contributed by atoms with E-state index in [0.29, 0.717) is 15.8 Å². The number of carbonyl (C=O) groups is 1. The number of rotatable bonds is 4. The number of urea groups is 1. The highest BCUT2D eigenvalue weighted by atomic mass is 35.5. The molecule has 0 atom stereocenters. The standard InChI is InChI=1S/C15H14Cl2N4O/c1-10(11-7-8-13(16)14(17)9-11)18-20-15(22)21-19-12-5-3-2-4-6-12/h2-9,19H,1H3,(H2,20,21,22)/b18-10+. The van der Waals surface area contributed by atoms with Crippen molar-refractivity contribution in [3.63, 3.8) is 0 Å². The molecule has 2 rings (SSSR count). The molecule has 0 bridgehead atoms. The average Bonchev–Trinajstić information content (AvgIpc) is 2.54. The largest absolute Gasteiger partial charge is 0.353 e. The normalized spacial score (nSPS) is 11.0. The highest BCUT2D eigenvalue weighted by Gasteiger charge is 2.03. The number of hydrazone groups is 1. The van der Waals surface area contributed by atoms with E-state index in [4.69, 9.17) is 23.2 Å². The first-order valence-electron chi connectivity index (χ1n) is 6.43. The predicted octanol–water partition coefficient (Wildman–Crippen LogP) is 4.04. The van der Waals surface area contributed by atoms with E-state index in [1.165, 1.54) is 0 Å². The van der Waals surface area contributed by atoms with Gasteiger partial charge < -0.3 is 0 Å². The molecule has 2 aromatic rings. The lowest BCUT2D eigenvalue weighted by molar-refractivity contribution is 0.243. The molecule has 5 nitrogen and oxygen atoms in total. The Morgan fingerprint density at radius 3 is 2.45 bits per heavy atom. The summed E-state index contributed by atoms with van der Waals surface area (Å²) in [5.41, 5.74) is 9.75. The first-order chi connectivity index (χ1) is 10.6. The van der Waals surface area contributed by atoms with Gasteiger partial charge in [0.15, 0.2) is 0 Å². The number of benzene rings is 2. The molecule has 0 fully saturated rings. The van der Waals surface area contributed by atoms with E-state index in [0.717, 1.165) is 11.3 Å². The number of halogens is 2. The Balaban J connectivity index is 1.90. The molecule has 0 saturated heterocycles. The summed E-state index contributed by atoms with van der Waals surface area (Å²) in [7, 11) is 0. The van der Waals surface area contributed by atoms with Gasteiger partial charge in [-0.1, -0.05) is 47.5 Å². The zero-order valence-electron chi connectivity index (χ0n) is 11.7. The highest BCUT2D eigenvalue weighted by molar-refractivity contribution is 6.42. The smallest absolute Gasteiger partial charge is 0.297 e. The number of hydrazine groups is 1. The molecule has 0 aliphatic rings. The summed E-state index contributed by atoms with van der Waals surface area (Å²) in [5, 5.41) is 4.89. The average molecular weight is 337 g/mol. The van der Waals surface area contributed by atoms with Crippen molar-refractivity contribution < 1.29 is 4.79 Å². The minimum atomic E-state index is -0.483. The van der Waals surface area contributed by atoms with Gasteiger partial charge in [0.05, 0.1) is 21.4 Å². The summed E-state index contributed by atoms with van der Waals surface area (Å²) >= 11 is 11.8. The van der Waals surface area contributed by atoms with Crippen LogP contribution in [0.4, 0.5) is 10.5 Å². The van der Waals surface area contributed by atoms with Crippen LogP contribution >= 0.6 is 23.2 Å². The Bertz CT molecular complexity index is 689. The molecule has 2 amide bonds. The summed E-state index contributed by atoms with van der Waals surface area (Å²) in [6, 6.07) is 13.9. The van der Waals surface area contributed by atoms with Gasteiger partial charge in [0.1, 0.15) is 0 Å². The van der Waals surface area contributed by atoms with Crippen LogP contribution in [0.15, 0.2) is 53.6 Å². The third-order valence-corrected chi connectivity index (χ3v) is 3.50. The van der Waals surface area contributed by atoms with Crippen molar-refractivity contribution in [3.05, 3.63) is 64.1 Å². The fraction of sp³-hybridized carbons (Fsp3) is 0.0667. The minimum Gasteiger partial charge on any atom is -0.297 e. The van der Waals surface area contributed by atoms with Crippen molar-refractivity contribution in [1.82, 2.24) is 10.9 Å². The third-order valence-electron chi connectivity index (χ3n) is 2.76. The lowest BCUT2D eigenvalue weighted by atomic mass is 10.1. The summed E-state index contributed by atoms with van der Waals surface area (Å²) in [4.78, 5) is 11.6. The van der Waals surface area contributed by atoms with Crippen LogP contribution in [-0.2, 0) is 0 Å². The number of carbonyl (C=O) groups excluding carboxylic acids is 1. The summed E-state index contributed by atoms with van der Waals surface area (Å²) in [6.07, 6.45) is 0. The van der Waals surface area contributed by atoms with Gasteiger partial charge in [0.25, 0.3) is 0 Å². The topological polar surface area (TPSA) is 65.5 Å². The Kier molecular flexibility index (Phi) is 5.63. The molecule has 0 aliphatic carbocycles. The number of para-hydroxylation sites is 1. The molecule has 114 valence electrons. The van der Waals surface area contributed by atoms with Gasteiger partial charge in [0.2, 0.25) is 0 Å². The van der Waals surface area contributed by atoms with Crippen molar-refractivity contribution in [1.29, 1.82) is 0 Å². The molecular weight excluding hydrogens is 323 g/mol. The van der Waals surface area contributed by atoms with Crippen LogP contribution in [0, 0.1) is 0 Å². The summed E-state index contributed by atoms with van der Waals surface area (Å²) < 4.78 is 0. The number of anilines is 1. The maximum absolute atomic E-state index is 11.6. The Morgan fingerprint density at radius 1 is 1.05 bits per heavy atom. The maximum atomic E-state index is 11.6. The maximum Gasteiger partial charge on any atom is 0.353 e. The molecule has 0 radical (unpaired) electrons. The van der Waals surface area contributed by atoms with Gasteiger partial charge in [-0.25, -0.2) is 10.2 Å². The van der Waals surface area contributed by atoms with E-state index in [1.807, 2.05) is 30.3 Å². The second-order valence-electron chi connectivity index (χ2n) is 4.38. The number of hydrogen-bond donors (Lipinski definition) is 3. The van der Waals surface area contributed by atoms with Crippen LogP contribution in [0.25, 0.3) is 0 Å². The quantitative estimate of drug-likeness (QED) is 0.582. The van der Waals surface area contributed by atoms with Gasteiger partial charge in [0, 0.05) is 0 Å². The van der Waals surface area contributed by atoms with Crippen molar-refractivity contribution >= 4 is 40.6 Å². The van der Waals surface area contributed by atoms with E-state index in [9.17, 15) is 4.79 Å². The second kappa shape index (κ2) is 7.68. The highest BCUT2D eigenvalue weighted by Crippen LogP contribution is 2.22. The number of hydrogen-bond acceptors (Lipinski definition) is 3. The van der Waals surface area contributed by atoms with Crippen LogP contribution < -0.4 is 16.3 Å². The van der Waals surface area contributed by atoms with Gasteiger partial charge in [-0.3, -0.25) is 10.9 Å². The van der Waals surface area contributed by atoms with E-state index < -0.39 is 6.03 Å². The van der Waals surface area contributed by atoms with E-state index >= 15 is 0 Å². The molecule has 0 saturated carbocycles. The summed E-state index contributed by atoms with van der Waals surface area (Å²) in [5.74, 6) is 0. The SMILES string of the molecule is C/C(=N\NC(=O)NNc1ccccc1)c1ccc(Cl)c(Cl)c1. The number of amides is 2. The van der Waals surface area contributed by atoms with Crippen LogP contribution in [0.3, 0.4) is 0 Å². The lowest BCUT2D eigenvalue weighted by Crippen LogP contribution is -2.36. The molecule has 3 N–H and O–H groups in total. The molecule has 22 heavy (non-hydrogen) atoms. The first kappa shape index (κ1) is 16.1. The minimum absolute atomic E-state index is 0.434. The van der Waals surface area contributed by atoms with Gasteiger partial charge in [-0.15, -0.1) is 0 Å². The molecule has 2 aromatic carbocycles. The third kappa shape index (κ3) is 4.65. The first-order valence-corrected chi connectivity index (χ1v) is 7.18. The molecule has 0 spiro atoms. The van der Waals surface area contributed by atoms with Crippen molar-refractivity contribution in [2.45, 2.75) is 6.92 Å². The Hall–Kier alpha value is -2.24. The van der Waals surface area contributed by atoms with Crippen molar-refractivity contribution in [2.24, 2.45) is 5.10 Å². The number of nitrogens with one attached hydrogen (secondary N) is 3. The zero-order chi connectivity index (χ0) is 15.9. The zero-order valence-corrected chi connectivity index (χ0v) is 13.2. The lowest BCUT2D eigenvalue weighted by Gasteiger charge is -2.08. The van der Waals surface area contributed by atoms with Crippen LogP contribution in [0.2, 0.25) is 10.0 Å². The van der Waals surface area contributed by atoms with E-state index in [1.54, 1.807) is 25.1 Å². The van der Waals surface area contributed by atoms with Gasteiger partial charge in [-0.05, 0) is 36.8 Å². The predicted molar refractivity (Wildman–Crippen MR) is 90.4 cm³/mol. The summed E-state index contributed by atoms with van der Waals surface area (Å²) in [6.45, 7) is 1.75. The second-order valence-corrected chi connectivity index (χ2v) is 5.20. The molecule has 0 heterocycles. The fourth-order valence-electron chi connectivity index (χ4n) is 1.60. The molecular formula is C15H14Cl2N4O. The van der Waals surface area contributed by atoms with Crippen molar-refractivity contribution in [2.75, 3.05) is 5.43 Å². The molecule has 0 aromatic heterocycles. The monoisotopic (exact) mass is 336 g/mol. The fourth-order valence-corrected chi connectivity index (χ4v) is 1.90. The van der Waals surface area contributed by atoms with Crippen LogP contribution in [0.5, 0.6) is 0 Å². The molecule has 0 unspecified atom stereocenters. The van der Waals surface area contributed by atoms with Gasteiger partial charge in [-0.2, -0.15) is 5.10 Å².